The Balaban J connectivity index is 1.65. The molecule has 1 N–H and O–H groups in total. The number of anilines is 1. The summed E-state index contributed by atoms with van der Waals surface area (Å²) in [7, 11) is 0. The molecule has 1 atom stereocenters. The van der Waals surface area contributed by atoms with Crippen LogP contribution < -0.4 is 5.32 Å². The molecular weight excluding hydrogens is 292 g/mol. The van der Waals surface area contributed by atoms with Crippen molar-refractivity contribution in [2.75, 3.05) is 5.32 Å². The van der Waals surface area contributed by atoms with Gasteiger partial charge in [-0.1, -0.05) is 29.0 Å². The van der Waals surface area contributed by atoms with E-state index in [1.165, 1.54) is 0 Å². The zero-order chi connectivity index (χ0) is 13.9. The topological polar surface area (TPSA) is 38.1 Å². The Morgan fingerprint density at radius 1 is 1.35 bits per heavy atom. The number of nitrogens with one attached hydrogen (secondary N) is 1. The van der Waals surface area contributed by atoms with Crippen LogP contribution in [0.2, 0.25) is 5.02 Å². The van der Waals surface area contributed by atoms with Crippen LogP contribution in [0.5, 0.6) is 0 Å². The Labute approximate surface area is 126 Å². The molecule has 3 rings (SSSR count). The highest BCUT2D eigenvalue weighted by molar-refractivity contribution is 7.22. The number of thiazole rings is 1. The van der Waals surface area contributed by atoms with Gasteiger partial charge in [-0.25, -0.2) is 4.98 Å². The molecule has 5 heteroatoms. The summed E-state index contributed by atoms with van der Waals surface area (Å²) >= 11 is 7.76. The van der Waals surface area contributed by atoms with Crippen LogP contribution in [0, 0.1) is 0 Å². The van der Waals surface area contributed by atoms with Gasteiger partial charge in [-0.05, 0) is 37.6 Å². The van der Waals surface area contributed by atoms with Crippen LogP contribution in [0.15, 0.2) is 41.0 Å². The molecule has 0 aliphatic heterocycles. The zero-order valence-corrected chi connectivity index (χ0v) is 12.7. The van der Waals surface area contributed by atoms with E-state index < -0.39 is 0 Å². The monoisotopic (exact) mass is 306 g/mol. The van der Waals surface area contributed by atoms with E-state index in [9.17, 15) is 0 Å². The molecule has 0 amide bonds. The third-order valence-electron chi connectivity index (χ3n) is 3.14. The van der Waals surface area contributed by atoms with Crippen molar-refractivity contribution in [3.05, 3.63) is 47.4 Å². The number of rotatable bonds is 5. The maximum absolute atomic E-state index is 6.17. The van der Waals surface area contributed by atoms with Crippen molar-refractivity contribution in [1.29, 1.82) is 0 Å². The van der Waals surface area contributed by atoms with Crippen LogP contribution in [-0.4, -0.2) is 11.0 Å². The molecule has 0 saturated carbocycles. The van der Waals surface area contributed by atoms with Gasteiger partial charge in [-0.15, -0.1) is 0 Å². The van der Waals surface area contributed by atoms with Gasteiger partial charge in [0.25, 0.3) is 0 Å². The van der Waals surface area contributed by atoms with Crippen molar-refractivity contribution in [2.24, 2.45) is 0 Å². The predicted molar refractivity (Wildman–Crippen MR) is 84.7 cm³/mol. The molecule has 0 saturated heterocycles. The minimum atomic E-state index is 0.333. The van der Waals surface area contributed by atoms with Crippen molar-refractivity contribution in [3.8, 4) is 0 Å². The number of aryl methyl sites for hydroxylation is 1. The summed E-state index contributed by atoms with van der Waals surface area (Å²) in [6.07, 6.45) is 3.63. The van der Waals surface area contributed by atoms with Gasteiger partial charge in [0, 0.05) is 12.5 Å². The van der Waals surface area contributed by atoms with Crippen molar-refractivity contribution in [3.63, 3.8) is 0 Å². The molecule has 0 aliphatic rings. The molecule has 2 heterocycles. The lowest BCUT2D eigenvalue weighted by Crippen LogP contribution is -2.15. The summed E-state index contributed by atoms with van der Waals surface area (Å²) in [5, 5.41) is 5.11. The molecule has 1 unspecified atom stereocenters. The number of aromatic nitrogens is 1. The van der Waals surface area contributed by atoms with Crippen LogP contribution in [0.4, 0.5) is 5.13 Å². The van der Waals surface area contributed by atoms with E-state index >= 15 is 0 Å². The molecule has 0 spiro atoms. The lowest BCUT2D eigenvalue weighted by molar-refractivity contribution is 0.495. The third-order valence-corrected chi connectivity index (χ3v) is 4.60. The van der Waals surface area contributed by atoms with E-state index in [0.29, 0.717) is 6.04 Å². The van der Waals surface area contributed by atoms with Gasteiger partial charge < -0.3 is 9.73 Å². The van der Waals surface area contributed by atoms with Crippen LogP contribution in [0.1, 0.15) is 19.1 Å². The predicted octanol–water partition coefficient (Wildman–Crippen LogP) is 4.98. The van der Waals surface area contributed by atoms with Gasteiger partial charge in [0.05, 0.1) is 21.5 Å². The fraction of sp³-hybridized carbons (Fsp3) is 0.267. The number of hydrogen-bond donors (Lipinski definition) is 1. The first-order valence-electron chi connectivity index (χ1n) is 6.56. The van der Waals surface area contributed by atoms with Crippen molar-refractivity contribution >= 4 is 38.3 Å². The SMILES string of the molecule is CC(CCc1ccco1)Nc1nc2cccc(Cl)c2s1. The summed E-state index contributed by atoms with van der Waals surface area (Å²) in [6, 6.07) is 10.1. The molecule has 104 valence electrons. The van der Waals surface area contributed by atoms with E-state index in [0.717, 1.165) is 39.0 Å². The molecule has 0 fully saturated rings. The fourth-order valence-electron chi connectivity index (χ4n) is 2.07. The second-order valence-electron chi connectivity index (χ2n) is 4.77. The summed E-state index contributed by atoms with van der Waals surface area (Å²) in [5.74, 6) is 1.02. The Bertz CT molecular complexity index is 693. The molecular formula is C15H15ClN2OS. The summed E-state index contributed by atoms with van der Waals surface area (Å²) in [4.78, 5) is 4.56. The molecule has 2 aromatic heterocycles. The van der Waals surface area contributed by atoms with Crippen LogP contribution in [0.3, 0.4) is 0 Å². The van der Waals surface area contributed by atoms with E-state index in [4.69, 9.17) is 16.0 Å². The number of benzene rings is 1. The van der Waals surface area contributed by atoms with Gasteiger partial charge in [-0.2, -0.15) is 0 Å². The van der Waals surface area contributed by atoms with E-state index in [1.807, 2.05) is 30.3 Å². The number of halogens is 1. The normalized spacial score (nSPS) is 12.7. The highest BCUT2D eigenvalue weighted by Crippen LogP contribution is 2.32. The lowest BCUT2D eigenvalue weighted by atomic mass is 10.1. The Morgan fingerprint density at radius 3 is 3.00 bits per heavy atom. The van der Waals surface area contributed by atoms with Crippen LogP contribution in [0.25, 0.3) is 10.2 Å². The molecule has 20 heavy (non-hydrogen) atoms. The second kappa shape index (κ2) is 5.85. The molecule has 3 nitrogen and oxygen atoms in total. The maximum atomic E-state index is 6.17. The van der Waals surface area contributed by atoms with Crippen LogP contribution in [-0.2, 0) is 6.42 Å². The molecule has 3 aromatic rings. The van der Waals surface area contributed by atoms with Crippen molar-refractivity contribution < 1.29 is 4.42 Å². The first-order valence-corrected chi connectivity index (χ1v) is 7.76. The minimum Gasteiger partial charge on any atom is -0.469 e. The summed E-state index contributed by atoms with van der Waals surface area (Å²) in [6.45, 7) is 2.15. The number of furan rings is 1. The van der Waals surface area contributed by atoms with E-state index in [-0.39, 0.29) is 0 Å². The highest BCUT2D eigenvalue weighted by atomic mass is 35.5. The van der Waals surface area contributed by atoms with Gasteiger partial charge in [0.1, 0.15) is 5.76 Å². The van der Waals surface area contributed by atoms with Gasteiger partial charge >= 0.3 is 0 Å². The summed E-state index contributed by atoms with van der Waals surface area (Å²) in [5.41, 5.74) is 0.947. The molecule has 0 radical (unpaired) electrons. The van der Waals surface area contributed by atoms with Gasteiger partial charge in [0.15, 0.2) is 5.13 Å². The highest BCUT2D eigenvalue weighted by Gasteiger charge is 2.10. The largest absolute Gasteiger partial charge is 0.469 e. The van der Waals surface area contributed by atoms with Crippen molar-refractivity contribution in [2.45, 2.75) is 25.8 Å². The first kappa shape index (κ1) is 13.5. The molecule has 0 aliphatic carbocycles. The fourth-order valence-corrected chi connectivity index (χ4v) is 3.34. The number of hydrogen-bond acceptors (Lipinski definition) is 4. The maximum Gasteiger partial charge on any atom is 0.184 e. The Hall–Kier alpha value is -1.52. The standard InChI is InChI=1S/C15H15ClN2OS/c1-10(7-8-11-4-3-9-19-11)17-15-18-13-6-2-5-12(16)14(13)20-15/h2-6,9-10H,7-8H2,1H3,(H,17,18). The number of nitrogens with zero attached hydrogens (tertiary/aromatic N) is 1. The zero-order valence-electron chi connectivity index (χ0n) is 11.1. The van der Waals surface area contributed by atoms with Gasteiger partial charge in [0.2, 0.25) is 0 Å². The Kier molecular flexibility index (Phi) is 3.94. The average Bonchev–Trinajstić information content (AvgIpc) is 3.05. The van der Waals surface area contributed by atoms with E-state index in [1.54, 1.807) is 17.6 Å². The summed E-state index contributed by atoms with van der Waals surface area (Å²) < 4.78 is 6.38. The molecule has 0 bridgehead atoms. The van der Waals surface area contributed by atoms with Crippen molar-refractivity contribution in [1.82, 2.24) is 4.98 Å². The quantitative estimate of drug-likeness (QED) is 0.722. The smallest absolute Gasteiger partial charge is 0.184 e. The first-order chi connectivity index (χ1) is 9.72. The van der Waals surface area contributed by atoms with Gasteiger partial charge in [-0.3, -0.25) is 0 Å². The lowest BCUT2D eigenvalue weighted by Gasteiger charge is -2.11. The third kappa shape index (κ3) is 2.97. The minimum absolute atomic E-state index is 0.333. The number of fused-ring (bicyclic) bond motifs is 1. The van der Waals surface area contributed by atoms with E-state index in [2.05, 4.69) is 17.2 Å². The van der Waals surface area contributed by atoms with Crippen LogP contribution >= 0.6 is 22.9 Å². The Morgan fingerprint density at radius 2 is 2.25 bits per heavy atom. The molecule has 1 aromatic carbocycles. The second-order valence-corrected chi connectivity index (χ2v) is 6.18. The average molecular weight is 307 g/mol.